The number of halogens is 9. The van der Waals surface area contributed by atoms with Gasteiger partial charge in [0, 0.05) is 25.2 Å². The second-order valence-electron chi connectivity index (χ2n) is 10.8. The van der Waals surface area contributed by atoms with Gasteiger partial charge in [-0.25, -0.2) is 0 Å². The average molecular weight is 691 g/mol. The standard InChI is InChI=1S/C30H27F9N6O3/c1-43(16-26(46)47)13-17-4-7-25(48-3)24(10-17)23-6-5-20(28(31,32)33)11-19(23)15-45(27-40-42-44(2)41-27)14-18-8-21(29(34,35)36)12-22(9-18)30(37,38)39/h4-12H,13-16H2,1-3H3,(H,46,47). The van der Waals surface area contributed by atoms with Gasteiger partial charge in [0.1, 0.15) is 5.75 Å². The quantitative estimate of drug-likeness (QED) is 0.175. The largest absolute Gasteiger partial charge is 0.496 e. The molecule has 0 saturated heterocycles. The van der Waals surface area contributed by atoms with E-state index >= 15 is 0 Å². The Hall–Kier alpha value is -4.87. The summed E-state index contributed by atoms with van der Waals surface area (Å²) in [7, 11) is 4.21. The van der Waals surface area contributed by atoms with Crippen LogP contribution in [0.5, 0.6) is 5.75 Å². The number of anilines is 1. The Morgan fingerprint density at radius 3 is 1.94 bits per heavy atom. The highest BCUT2D eigenvalue weighted by atomic mass is 19.4. The van der Waals surface area contributed by atoms with Gasteiger partial charge in [0.2, 0.25) is 0 Å². The van der Waals surface area contributed by atoms with Crippen LogP contribution >= 0.6 is 0 Å². The number of likely N-dealkylation sites (N-methyl/N-ethyl adjacent to an activating group) is 1. The number of tetrazole rings is 1. The van der Waals surface area contributed by atoms with E-state index in [1.807, 2.05) is 0 Å². The van der Waals surface area contributed by atoms with Crippen molar-refractivity contribution >= 4 is 11.9 Å². The lowest BCUT2D eigenvalue weighted by atomic mass is 9.94. The summed E-state index contributed by atoms with van der Waals surface area (Å²) in [4.78, 5) is 14.7. The molecule has 0 saturated carbocycles. The first-order valence-electron chi connectivity index (χ1n) is 13.8. The number of aromatic nitrogens is 4. The zero-order valence-corrected chi connectivity index (χ0v) is 25.4. The normalized spacial score (nSPS) is 12.4. The molecule has 0 aliphatic heterocycles. The molecule has 258 valence electrons. The molecule has 4 rings (SSSR count). The number of aliphatic carboxylic acids is 1. The number of carboxylic acid groups (broad SMARTS) is 1. The van der Waals surface area contributed by atoms with E-state index in [0.717, 1.165) is 27.9 Å². The van der Waals surface area contributed by atoms with E-state index in [1.165, 1.54) is 25.1 Å². The van der Waals surface area contributed by atoms with Gasteiger partial charge in [-0.1, -0.05) is 17.2 Å². The molecule has 0 aliphatic rings. The number of rotatable bonds is 11. The molecule has 0 radical (unpaired) electrons. The Balaban J connectivity index is 1.87. The monoisotopic (exact) mass is 690 g/mol. The van der Waals surface area contributed by atoms with Crippen LogP contribution in [0.25, 0.3) is 11.1 Å². The summed E-state index contributed by atoms with van der Waals surface area (Å²) in [6.07, 6.45) is -15.1. The lowest BCUT2D eigenvalue weighted by molar-refractivity contribution is -0.143. The van der Waals surface area contributed by atoms with E-state index in [0.29, 0.717) is 17.7 Å². The highest BCUT2D eigenvalue weighted by Crippen LogP contribution is 2.40. The van der Waals surface area contributed by atoms with Gasteiger partial charge in [0.15, 0.2) is 0 Å². The van der Waals surface area contributed by atoms with Crippen molar-refractivity contribution in [2.75, 3.05) is 25.6 Å². The van der Waals surface area contributed by atoms with Crippen molar-refractivity contribution < 1.29 is 54.2 Å². The van der Waals surface area contributed by atoms with Crippen LogP contribution in [0, 0.1) is 0 Å². The molecule has 48 heavy (non-hydrogen) atoms. The smallest absolute Gasteiger partial charge is 0.416 e. The minimum Gasteiger partial charge on any atom is -0.496 e. The van der Waals surface area contributed by atoms with Gasteiger partial charge >= 0.3 is 24.5 Å². The summed E-state index contributed by atoms with van der Waals surface area (Å²) in [5.41, 5.74) is -3.74. The molecule has 0 atom stereocenters. The zero-order valence-electron chi connectivity index (χ0n) is 25.4. The summed E-state index contributed by atoms with van der Waals surface area (Å²) < 4.78 is 129. The fourth-order valence-corrected chi connectivity index (χ4v) is 4.96. The summed E-state index contributed by atoms with van der Waals surface area (Å²) in [6, 6.07) is 8.50. The van der Waals surface area contributed by atoms with Crippen LogP contribution in [0.3, 0.4) is 0 Å². The maximum absolute atomic E-state index is 13.9. The van der Waals surface area contributed by atoms with Crippen molar-refractivity contribution in [2.24, 2.45) is 7.05 Å². The number of benzene rings is 3. The Kier molecular flexibility index (Phi) is 10.3. The van der Waals surface area contributed by atoms with Gasteiger partial charge in [-0.2, -0.15) is 44.3 Å². The van der Waals surface area contributed by atoms with Gasteiger partial charge in [0.05, 0.1) is 37.4 Å². The molecule has 9 nitrogen and oxygen atoms in total. The van der Waals surface area contributed by atoms with E-state index in [-0.39, 0.29) is 47.5 Å². The fraction of sp³-hybridized carbons (Fsp3) is 0.333. The van der Waals surface area contributed by atoms with Gasteiger partial charge in [-0.15, -0.1) is 5.10 Å². The molecule has 0 amide bonds. The van der Waals surface area contributed by atoms with Gasteiger partial charge < -0.3 is 14.7 Å². The van der Waals surface area contributed by atoms with Crippen molar-refractivity contribution in [2.45, 2.75) is 38.2 Å². The summed E-state index contributed by atoms with van der Waals surface area (Å²) in [5.74, 6) is -1.16. The predicted octanol–water partition coefficient (Wildman–Crippen LogP) is 6.67. The number of nitrogens with zero attached hydrogens (tertiary/aromatic N) is 6. The van der Waals surface area contributed by atoms with Crippen molar-refractivity contribution in [1.82, 2.24) is 25.1 Å². The average Bonchev–Trinajstić information content (AvgIpc) is 3.41. The number of ether oxygens (including phenoxy) is 1. The van der Waals surface area contributed by atoms with E-state index in [2.05, 4.69) is 15.4 Å². The number of hydrogen-bond donors (Lipinski definition) is 1. The lowest BCUT2D eigenvalue weighted by Gasteiger charge is -2.25. The van der Waals surface area contributed by atoms with Crippen LogP contribution in [0.2, 0.25) is 0 Å². The van der Waals surface area contributed by atoms with Crippen LogP contribution in [0.15, 0.2) is 54.6 Å². The second-order valence-corrected chi connectivity index (χ2v) is 10.8. The van der Waals surface area contributed by atoms with Crippen LogP contribution in [0.4, 0.5) is 45.5 Å². The fourth-order valence-electron chi connectivity index (χ4n) is 4.96. The molecule has 0 bridgehead atoms. The number of aryl methyl sites for hydroxylation is 1. The summed E-state index contributed by atoms with van der Waals surface area (Å²) >= 11 is 0. The van der Waals surface area contributed by atoms with Crippen LogP contribution < -0.4 is 9.64 Å². The van der Waals surface area contributed by atoms with Crippen molar-refractivity contribution in [1.29, 1.82) is 0 Å². The predicted molar refractivity (Wildman–Crippen MR) is 153 cm³/mol. The zero-order chi connectivity index (χ0) is 35.6. The molecule has 0 spiro atoms. The van der Waals surface area contributed by atoms with E-state index in [9.17, 15) is 44.3 Å². The Morgan fingerprint density at radius 1 is 0.792 bits per heavy atom. The summed E-state index contributed by atoms with van der Waals surface area (Å²) in [5, 5.41) is 20.6. The molecule has 0 unspecified atom stereocenters. The number of methoxy groups -OCH3 is 1. The topological polar surface area (TPSA) is 96.6 Å². The molecular weight excluding hydrogens is 663 g/mol. The van der Waals surface area contributed by atoms with Crippen LogP contribution in [-0.2, 0) is 50.0 Å². The molecule has 0 fully saturated rings. The molecular formula is C30H27F9N6O3. The number of hydrogen-bond acceptors (Lipinski definition) is 7. The minimum absolute atomic E-state index is 0.0352. The second kappa shape index (κ2) is 13.7. The maximum atomic E-state index is 13.9. The third-order valence-electron chi connectivity index (χ3n) is 7.01. The van der Waals surface area contributed by atoms with Crippen molar-refractivity contribution in [3.63, 3.8) is 0 Å². The number of alkyl halides is 9. The van der Waals surface area contributed by atoms with Crippen molar-refractivity contribution in [3.8, 4) is 16.9 Å². The maximum Gasteiger partial charge on any atom is 0.416 e. The third-order valence-corrected chi connectivity index (χ3v) is 7.01. The molecule has 3 aromatic carbocycles. The minimum atomic E-state index is -5.14. The lowest BCUT2D eigenvalue weighted by Crippen LogP contribution is -2.25. The van der Waals surface area contributed by atoms with Gasteiger partial charge in [-0.3, -0.25) is 9.69 Å². The van der Waals surface area contributed by atoms with Crippen LogP contribution in [-0.4, -0.2) is 56.9 Å². The van der Waals surface area contributed by atoms with Gasteiger partial charge in [-0.05, 0) is 77.0 Å². The third kappa shape index (κ3) is 8.93. The Labute approximate surface area is 267 Å². The van der Waals surface area contributed by atoms with Crippen LogP contribution in [0.1, 0.15) is 33.4 Å². The number of carboxylic acids is 1. The molecule has 1 aromatic heterocycles. The first kappa shape index (κ1) is 36.0. The first-order chi connectivity index (χ1) is 22.2. The number of carbonyl (C=O) groups is 1. The Morgan fingerprint density at radius 2 is 1.42 bits per heavy atom. The Bertz CT molecular complexity index is 1740. The summed E-state index contributed by atoms with van der Waals surface area (Å²) in [6.45, 7) is -1.40. The van der Waals surface area contributed by atoms with Gasteiger partial charge in [0.25, 0.3) is 5.95 Å². The highest BCUT2D eigenvalue weighted by molar-refractivity contribution is 5.75. The molecule has 1 N–H and O–H groups in total. The van der Waals surface area contributed by atoms with E-state index in [1.54, 1.807) is 19.2 Å². The van der Waals surface area contributed by atoms with E-state index in [4.69, 9.17) is 9.84 Å². The molecule has 1 heterocycles. The first-order valence-corrected chi connectivity index (χ1v) is 13.8. The van der Waals surface area contributed by atoms with E-state index < -0.39 is 59.8 Å². The van der Waals surface area contributed by atoms with Crippen molar-refractivity contribution in [3.05, 3.63) is 88.0 Å². The SMILES string of the molecule is COc1ccc(CN(C)CC(=O)O)cc1-c1ccc(C(F)(F)F)cc1CN(Cc1cc(C(F)(F)F)cc(C(F)(F)F)c1)c1nnn(C)n1. The molecule has 0 aliphatic carbocycles. The molecule has 18 heteroatoms. The highest BCUT2D eigenvalue weighted by Gasteiger charge is 2.37. The molecule has 4 aromatic rings.